The number of hydrogen-bond acceptors (Lipinski definition) is 5. The van der Waals surface area contributed by atoms with Crippen molar-refractivity contribution < 1.29 is 0 Å². The fourth-order valence-corrected chi connectivity index (χ4v) is 4.44. The topological polar surface area (TPSA) is 64.5 Å². The molecule has 182 valence electrons. The number of aryl methyl sites for hydroxylation is 2. The van der Waals surface area contributed by atoms with Crippen LogP contribution in [-0.2, 0) is 0 Å². The van der Waals surface area contributed by atoms with Crippen LogP contribution in [0.25, 0.3) is 56.7 Å². The Labute approximate surface area is 222 Å². The number of benzene rings is 4. The van der Waals surface area contributed by atoms with Gasteiger partial charge in [-0.1, -0.05) is 103 Å². The minimum Gasteiger partial charge on any atom is -0.233 e. The van der Waals surface area contributed by atoms with Gasteiger partial charge in [0.1, 0.15) is 0 Å². The lowest BCUT2D eigenvalue weighted by Gasteiger charge is -2.10. The van der Waals surface area contributed by atoms with Gasteiger partial charge < -0.3 is 0 Å². The maximum absolute atomic E-state index is 4.87. The van der Waals surface area contributed by atoms with Crippen molar-refractivity contribution in [3.63, 3.8) is 0 Å². The molecule has 0 unspecified atom stereocenters. The fourth-order valence-electron chi connectivity index (χ4n) is 4.44. The van der Waals surface area contributed by atoms with Crippen LogP contribution in [0.1, 0.15) is 11.4 Å². The summed E-state index contributed by atoms with van der Waals surface area (Å²) in [4.78, 5) is 23.7. The van der Waals surface area contributed by atoms with Gasteiger partial charge in [-0.15, -0.1) is 0 Å². The van der Waals surface area contributed by atoms with Crippen LogP contribution in [0, 0.1) is 13.8 Å². The van der Waals surface area contributed by atoms with Crippen molar-refractivity contribution in [2.45, 2.75) is 13.8 Å². The first-order valence-corrected chi connectivity index (χ1v) is 12.5. The molecule has 6 rings (SSSR count). The smallest absolute Gasteiger partial charge is 0.164 e. The average Bonchev–Trinajstić information content (AvgIpc) is 2.97. The first kappa shape index (κ1) is 23.4. The number of rotatable bonds is 5. The third-order valence-corrected chi connectivity index (χ3v) is 6.28. The Morgan fingerprint density at radius 3 is 1.26 bits per heavy atom. The van der Waals surface area contributed by atoms with Crippen LogP contribution in [0.3, 0.4) is 0 Å². The summed E-state index contributed by atoms with van der Waals surface area (Å²) in [6, 6.07) is 38.7. The highest BCUT2D eigenvalue weighted by molar-refractivity contribution is 5.74. The van der Waals surface area contributed by atoms with Gasteiger partial charge in [0.25, 0.3) is 0 Å². The summed E-state index contributed by atoms with van der Waals surface area (Å²) < 4.78 is 0. The molecule has 38 heavy (non-hydrogen) atoms. The molecule has 0 saturated carbocycles. The molecule has 0 spiro atoms. The molecular weight excluding hydrogens is 466 g/mol. The lowest BCUT2D eigenvalue weighted by Crippen LogP contribution is -2.00. The highest BCUT2D eigenvalue weighted by Crippen LogP contribution is 2.29. The monoisotopic (exact) mass is 491 g/mol. The normalized spacial score (nSPS) is 10.9. The molecule has 0 N–H and O–H groups in total. The number of nitrogens with zero attached hydrogens (tertiary/aromatic N) is 5. The van der Waals surface area contributed by atoms with Crippen molar-refractivity contribution in [3.8, 4) is 56.7 Å². The Balaban J connectivity index is 1.39. The van der Waals surface area contributed by atoms with Crippen LogP contribution < -0.4 is 0 Å². The van der Waals surface area contributed by atoms with E-state index in [0.29, 0.717) is 17.5 Å². The minimum absolute atomic E-state index is 0.639. The number of hydrogen-bond donors (Lipinski definition) is 0. The highest BCUT2D eigenvalue weighted by atomic mass is 15.0. The van der Waals surface area contributed by atoms with Gasteiger partial charge in [0, 0.05) is 33.6 Å². The molecule has 5 heteroatoms. The molecule has 2 aromatic heterocycles. The van der Waals surface area contributed by atoms with E-state index in [9.17, 15) is 0 Å². The van der Waals surface area contributed by atoms with Crippen LogP contribution in [0.5, 0.6) is 0 Å². The molecule has 2 heterocycles. The van der Waals surface area contributed by atoms with E-state index >= 15 is 0 Å². The van der Waals surface area contributed by atoms with E-state index in [1.165, 1.54) is 0 Å². The predicted molar refractivity (Wildman–Crippen MR) is 152 cm³/mol. The fraction of sp³-hybridized carbons (Fsp3) is 0.0606. The maximum Gasteiger partial charge on any atom is 0.164 e. The summed E-state index contributed by atoms with van der Waals surface area (Å²) >= 11 is 0. The Morgan fingerprint density at radius 2 is 0.711 bits per heavy atom. The third-order valence-electron chi connectivity index (χ3n) is 6.28. The van der Waals surface area contributed by atoms with Gasteiger partial charge in [0.2, 0.25) is 0 Å². The van der Waals surface area contributed by atoms with Gasteiger partial charge >= 0.3 is 0 Å². The van der Waals surface area contributed by atoms with E-state index in [1.54, 1.807) is 0 Å². The largest absolute Gasteiger partial charge is 0.233 e. The maximum atomic E-state index is 4.87. The summed E-state index contributed by atoms with van der Waals surface area (Å²) in [5.74, 6) is 2.69. The van der Waals surface area contributed by atoms with Crippen molar-refractivity contribution in [2.24, 2.45) is 0 Å². The van der Waals surface area contributed by atoms with Crippen LogP contribution in [-0.4, -0.2) is 24.9 Å². The van der Waals surface area contributed by atoms with Crippen molar-refractivity contribution in [3.05, 3.63) is 127 Å². The summed E-state index contributed by atoms with van der Waals surface area (Å²) in [6.45, 7) is 3.98. The zero-order valence-corrected chi connectivity index (χ0v) is 21.2. The summed E-state index contributed by atoms with van der Waals surface area (Å²) in [7, 11) is 0. The molecule has 0 amide bonds. The van der Waals surface area contributed by atoms with Crippen molar-refractivity contribution in [2.75, 3.05) is 0 Å². The molecule has 0 saturated heterocycles. The summed E-state index contributed by atoms with van der Waals surface area (Å²) in [6.07, 6.45) is 0. The van der Waals surface area contributed by atoms with E-state index in [4.69, 9.17) is 15.0 Å². The SMILES string of the molecule is Cc1cc(C)nc(-c2ccc(-c3cccc(-c4nc(-c5ccccc5)nc(-c5ccccc5)n4)c3)cc2)n1. The average molecular weight is 492 g/mol. The molecule has 5 nitrogen and oxygen atoms in total. The van der Waals surface area contributed by atoms with Crippen LogP contribution in [0.2, 0.25) is 0 Å². The Morgan fingerprint density at radius 1 is 0.316 bits per heavy atom. The molecule has 0 bridgehead atoms. The summed E-state index contributed by atoms with van der Waals surface area (Å²) in [5.41, 5.74) is 7.94. The second kappa shape index (κ2) is 10.1. The Bertz CT molecular complexity index is 1640. The lowest BCUT2D eigenvalue weighted by atomic mass is 10.0. The summed E-state index contributed by atoms with van der Waals surface area (Å²) in [5, 5.41) is 0. The quantitative estimate of drug-likeness (QED) is 0.248. The van der Waals surface area contributed by atoms with Crippen LogP contribution in [0.4, 0.5) is 0 Å². The molecular formula is C33H25N5. The van der Waals surface area contributed by atoms with Gasteiger partial charge in [-0.25, -0.2) is 24.9 Å². The first-order valence-electron chi connectivity index (χ1n) is 12.5. The number of aromatic nitrogens is 5. The van der Waals surface area contributed by atoms with Gasteiger partial charge in [-0.2, -0.15) is 0 Å². The molecule has 0 fully saturated rings. The zero-order valence-electron chi connectivity index (χ0n) is 21.2. The van der Waals surface area contributed by atoms with Gasteiger partial charge in [-0.05, 0) is 37.1 Å². The minimum atomic E-state index is 0.639. The van der Waals surface area contributed by atoms with Gasteiger partial charge in [0.15, 0.2) is 23.3 Å². The van der Waals surface area contributed by atoms with Crippen molar-refractivity contribution in [1.82, 2.24) is 24.9 Å². The second-order valence-corrected chi connectivity index (χ2v) is 9.17. The predicted octanol–water partition coefficient (Wildman–Crippen LogP) is 7.61. The molecule has 0 aliphatic rings. The third kappa shape index (κ3) is 4.95. The van der Waals surface area contributed by atoms with E-state index < -0.39 is 0 Å². The molecule has 0 aliphatic carbocycles. The Kier molecular flexibility index (Phi) is 6.24. The molecule has 0 radical (unpaired) electrons. The molecule has 4 aromatic carbocycles. The molecule has 0 atom stereocenters. The van der Waals surface area contributed by atoms with Gasteiger partial charge in [-0.3, -0.25) is 0 Å². The van der Waals surface area contributed by atoms with E-state index in [0.717, 1.165) is 50.6 Å². The highest BCUT2D eigenvalue weighted by Gasteiger charge is 2.13. The molecule has 6 aromatic rings. The second-order valence-electron chi connectivity index (χ2n) is 9.17. The van der Waals surface area contributed by atoms with Gasteiger partial charge in [0.05, 0.1) is 0 Å². The molecule has 0 aliphatic heterocycles. The van der Waals surface area contributed by atoms with Crippen LogP contribution in [0.15, 0.2) is 115 Å². The van der Waals surface area contributed by atoms with E-state index in [1.807, 2.05) is 92.7 Å². The van der Waals surface area contributed by atoms with E-state index in [2.05, 4.69) is 46.4 Å². The standard InChI is InChI=1S/C33H25N5/c1-22-20-23(2)35-30(34-22)27-18-16-24(17-19-27)28-14-9-15-29(21-28)33-37-31(25-10-5-3-6-11-25)36-32(38-33)26-12-7-4-8-13-26/h3-21H,1-2H3. The van der Waals surface area contributed by atoms with Crippen molar-refractivity contribution in [1.29, 1.82) is 0 Å². The van der Waals surface area contributed by atoms with Crippen LogP contribution >= 0.6 is 0 Å². The zero-order chi connectivity index (χ0) is 25.9. The Hall–Kier alpha value is -5.03. The lowest BCUT2D eigenvalue weighted by molar-refractivity contribution is 1.06. The first-order chi connectivity index (χ1) is 18.6. The van der Waals surface area contributed by atoms with Crippen molar-refractivity contribution >= 4 is 0 Å². The van der Waals surface area contributed by atoms with E-state index in [-0.39, 0.29) is 0 Å².